The van der Waals surface area contributed by atoms with Crippen molar-refractivity contribution in [2.75, 3.05) is 37.0 Å². The zero-order valence-electron chi connectivity index (χ0n) is 23.9. The molecule has 1 aliphatic rings. The first-order valence-electron chi connectivity index (χ1n) is 13.4. The number of methoxy groups -OCH3 is 1. The van der Waals surface area contributed by atoms with E-state index in [9.17, 15) is 32.3 Å². The summed E-state index contributed by atoms with van der Waals surface area (Å²) < 4.78 is 50.3. The van der Waals surface area contributed by atoms with E-state index < -0.39 is 60.5 Å². The molecule has 4 rings (SSSR count). The highest BCUT2D eigenvalue weighted by Gasteiger charge is 2.36. The molecule has 0 bridgehead atoms. The zero-order valence-corrected chi connectivity index (χ0v) is 25.4. The molecule has 10 nitrogen and oxygen atoms in total. The van der Waals surface area contributed by atoms with Crippen LogP contribution in [0.25, 0.3) is 0 Å². The number of fused-ring (bicyclic) bond motifs is 1. The number of halogens is 5. The number of anilines is 2. The van der Waals surface area contributed by atoms with Gasteiger partial charge in [-0.1, -0.05) is 59.6 Å². The van der Waals surface area contributed by atoms with Crippen LogP contribution in [0.5, 0.6) is 0 Å². The highest BCUT2D eigenvalue weighted by atomic mass is 35.5. The van der Waals surface area contributed by atoms with Gasteiger partial charge < -0.3 is 19.7 Å². The molecule has 0 saturated carbocycles. The van der Waals surface area contributed by atoms with E-state index in [0.29, 0.717) is 27.9 Å². The Morgan fingerprint density at radius 3 is 2.41 bits per heavy atom. The monoisotopic (exact) mass is 676 g/mol. The highest BCUT2D eigenvalue weighted by molar-refractivity contribution is 6.32. The maximum atomic E-state index is 13.9. The van der Waals surface area contributed by atoms with Gasteiger partial charge in [-0.05, 0) is 36.4 Å². The summed E-state index contributed by atoms with van der Waals surface area (Å²) in [4.78, 5) is 56.5. The van der Waals surface area contributed by atoms with Crippen molar-refractivity contribution in [1.29, 1.82) is 0 Å². The van der Waals surface area contributed by atoms with Gasteiger partial charge in [0, 0.05) is 33.8 Å². The Kier molecular flexibility index (Phi) is 11.0. The van der Waals surface area contributed by atoms with Gasteiger partial charge in [0.25, 0.3) is 5.91 Å². The van der Waals surface area contributed by atoms with Crippen LogP contribution >= 0.6 is 23.2 Å². The number of amides is 3. The van der Waals surface area contributed by atoms with Crippen LogP contribution in [-0.4, -0.2) is 62.4 Å². The zero-order chi connectivity index (χ0) is 33.4. The predicted molar refractivity (Wildman–Crippen MR) is 165 cm³/mol. The molecule has 0 unspecified atom stereocenters. The molecule has 0 aromatic heterocycles. The number of hydrogen-bond acceptors (Lipinski definition) is 7. The molecule has 3 aromatic carbocycles. The average molecular weight is 677 g/mol. The van der Waals surface area contributed by atoms with Gasteiger partial charge in [-0.25, -0.2) is 9.59 Å². The first-order chi connectivity index (χ1) is 21.9. The fourth-order valence-electron chi connectivity index (χ4n) is 4.37. The minimum absolute atomic E-state index is 0.0491. The lowest BCUT2D eigenvalue weighted by atomic mass is 10.00. The van der Waals surface area contributed by atoms with Crippen molar-refractivity contribution in [3.05, 3.63) is 106 Å². The van der Waals surface area contributed by atoms with Gasteiger partial charge in [0.15, 0.2) is 6.04 Å². The molecule has 15 heteroatoms. The van der Waals surface area contributed by atoms with Gasteiger partial charge in [0.2, 0.25) is 5.91 Å². The number of aliphatic imine (C=N–C) groups is 1. The quantitative estimate of drug-likeness (QED) is 0.223. The summed E-state index contributed by atoms with van der Waals surface area (Å²) >= 11 is 12.0. The molecule has 1 atom stereocenters. The Morgan fingerprint density at radius 1 is 1.02 bits per heavy atom. The van der Waals surface area contributed by atoms with E-state index in [1.165, 1.54) is 25.3 Å². The Hall–Kier alpha value is -4.88. The van der Waals surface area contributed by atoms with Crippen LogP contribution in [0.3, 0.4) is 0 Å². The average Bonchev–Trinajstić information content (AvgIpc) is 3.13. The second-order valence-corrected chi connectivity index (χ2v) is 10.5. The second kappa shape index (κ2) is 14.9. The lowest BCUT2D eigenvalue weighted by molar-refractivity contribution is -0.137. The van der Waals surface area contributed by atoms with Crippen LogP contribution < -0.4 is 15.5 Å². The van der Waals surface area contributed by atoms with E-state index in [2.05, 4.69) is 15.0 Å². The normalized spacial score (nSPS) is 14.7. The molecule has 3 amide bonds. The van der Waals surface area contributed by atoms with E-state index in [0.717, 1.165) is 23.1 Å². The SMILES string of the molecule is COC(=O)/C=C/CNC(=O)CN1C(=O)[C@@H](COC(=O)Nc2ccc(Cl)cc2C(F)(F)F)N=C(c2ccccc2)c2cc(Cl)ccc21. The molecule has 0 aliphatic carbocycles. The standard InChI is InChI=1S/C31H25Cl2F3N4O6/c1-45-27(42)8-5-13-37-26(41)16-40-25-12-10-19(32)14-21(25)28(18-6-3-2-4-7-18)38-24(29(40)43)17-46-30(44)39-23-11-9-20(33)15-22(23)31(34,35)36/h2-12,14-15,24H,13,16-17H2,1H3,(H,37,41)(H,39,44)/b8-5+/t24-/m1/s1. The number of nitrogens with one attached hydrogen (secondary N) is 2. The van der Waals surface area contributed by atoms with Gasteiger partial charge in [0.1, 0.15) is 13.2 Å². The number of benzodiazepines with no additional fused rings is 1. The summed E-state index contributed by atoms with van der Waals surface area (Å²) in [6, 6.07) is 14.7. The lowest BCUT2D eigenvalue weighted by Crippen LogP contribution is -2.46. The molecule has 0 saturated heterocycles. The van der Waals surface area contributed by atoms with Crippen molar-refractivity contribution in [3.8, 4) is 0 Å². The number of benzene rings is 3. The first kappa shape index (κ1) is 34.0. The maximum Gasteiger partial charge on any atom is 0.418 e. The van der Waals surface area contributed by atoms with Crippen LogP contribution in [0.15, 0.2) is 83.9 Å². The molecule has 0 fully saturated rings. The lowest BCUT2D eigenvalue weighted by Gasteiger charge is -2.25. The van der Waals surface area contributed by atoms with Crippen molar-refractivity contribution in [1.82, 2.24) is 5.32 Å². The topological polar surface area (TPSA) is 126 Å². The molecule has 0 radical (unpaired) electrons. The van der Waals surface area contributed by atoms with Crippen molar-refractivity contribution >= 4 is 64.2 Å². The van der Waals surface area contributed by atoms with Gasteiger partial charge in [-0.15, -0.1) is 0 Å². The Bertz CT molecular complexity index is 1700. The van der Waals surface area contributed by atoms with E-state index in [-0.39, 0.29) is 17.3 Å². The summed E-state index contributed by atoms with van der Waals surface area (Å²) in [7, 11) is 1.20. The molecular formula is C31H25Cl2F3N4O6. The van der Waals surface area contributed by atoms with E-state index in [1.807, 2.05) is 5.32 Å². The van der Waals surface area contributed by atoms with E-state index in [4.69, 9.17) is 27.9 Å². The molecule has 0 spiro atoms. The summed E-state index contributed by atoms with van der Waals surface area (Å²) in [5.41, 5.74) is -0.263. The Balaban J connectivity index is 1.64. The number of carbonyl (C=O) groups excluding carboxylic acids is 4. The number of esters is 1. The number of carbonyl (C=O) groups is 4. The van der Waals surface area contributed by atoms with Gasteiger partial charge >= 0.3 is 18.2 Å². The second-order valence-electron chi connectivity index (χ2n) is 9.59. The summed E-state index contributed by atoms with van der Waals surface area (Å²) in [6.07, 6.45) is -3.64. The minimum Gasteiger partial charge on any atom is -0.466 e. The Morgan fingerprint density at radius 2 is 1.72 bits per heavy atom. The van der Waals surface area contributed by atoms with Gasteiger partial charge in [-0.2, -0.15) is 13.2 Å². The number of nitrogens with zero attached hydrogens (tertiary/aromatic N) is 2. The largest absolute Gasteiger partial charge is 0.466 e. The smallest absolute Gasteiger partial charge is 0.418 e. The molecule has 1 aliphatic heterocycles. The highest BCUT2D eigenvalue weighted by Crippen LogP contribution is 2.37. The minimum atomic E-state index is -4.83. The third kappa shape index (κ3) is 8.64. The van der Waals surface area contributed by atoms with Crippen LogP contribution in [0.1, 0.15) is 16.7 Å². The van der Waals surface area contributed by atoms with E-state index >= 15 is 0 Å². The van der Waals surface area contributed by atoms with Crippen LogP contribution in [0, 0.1) is 0 Å². The molecule has 240 valence electrons. The van der Waals surface area contributed by atoms with Crippen LogP contribution in [0.4, 0.5) is 29.3 Å². The third-order valence-corrected chi connectivity index (χ3v) is 6.93. The molecule has 46 heavy (non-hydrogen) atoms. The Labute approximate surface area is 270 Å². The van der Waals surface area contributed by atoms with Gasteiger partial charge in [0.05, 0.1) is 29.8 Å². The van der Waals surface area contributed by atoms with Crippen molar-refractivity contribution in [2.45, 2.75) is 12.2 Å². The number of hydrogen-bond donors (Lipinski definition) is 2. The number of rotatable bonds is 9. The fraction of sp³-hybridized carbons (Fsp3) is 0.194. The number of alkyl halides is 3. The summed E-state index contributed by atoms with van der Waals surface area (Å²) in [5, 5.41) is 4.71. The maximum absolute atomic E-state index is 13.9. The van der Waals surface area contributed by atoms with Crippen LogP contribution in [0.2, 0.25) is 10.0 Å². The third-order valence-electron chi connectivity index (χ3n) is 6.46. The molecule has 3 aromatic rings. The fourth-order valence-corrected chi connectivity index (χ4v) is 4.71. The first-order valence-corrected chi connectivity index (χ1v) is 14.2. The molecule has 1 heterocycles. The van der Waals surface area contributed by atoms with Crippen LogP contribution in [-0.2, 0) is 30.0 Å². The van der Waals surface area contributed by atoms with Crippen molar-refractivity contribution in [2.24, 2.45) is 4.99 Å². The number of ether oxygens (including phenoxy) is 2. The summed E-state index contributed by atoms with van der Waals surface area (Å²) in [6.45, 7) is -1.25. The molecule has 2 N–H and O–H groups in total. The van der Waals surface area contributed by atoms with Crippen molar-refractivity contribution in [3.63, 3.8) is 0 Å². The van der Waals surface area contributed by atoms with Gasteiger partial charge in [-0.3, -0.25) is 19.9 Å². The summed E-state index contributed by atoms with van der Waals surface area (Å²) in [5.74, 6) is -1.97. The van der Waals surface area contributed by atoms with E-state index in [1.54, 1.807) is 36.4 Å². The molecular weight excluding hydrogens is 652 g/mol. The van der Waals surface area contributed by atoms with Crippen molar-refractivity contribution < 1.29 is 41.8 Å². The predicted octanol–water partition coefficient (Wildman–Crippen LogP) is 5.66.